The molecule has 5 heteroatoms. The van der Waals surface area contributed by atoms with Gasteiger partial charge in [-0.25, -0.2) is 0 Å². The zero-order chi connectivity index (χ0) is 19.6. The van der Waals surface area contributed by atoms with Crippen molar-refractivity contribution in [2.75, 3.05) is 13.2 Å². The largest absolute Gasteiger partial charge is 0.394 e. The van der Waals surface area contributed by atoms with Crippen LogP contribution in [0.4, 0.5) is 0 Å². The number of hydrogen-bond donors (Lipinski definition) is 3. The van der Waals surface area contributed by atoms with Gasteiger partial charge in [-0.1, -0.05) is 64.4 Å². The van der Waals surface area contributed by atoms with Crippen LogP contribution in [0.3, 0.4) is 0 Å². The molecule has 0 aliphatic carbocycles. The van der Waals surface area contributed by atoms with Crippen LogP contribution >= 0.6 is 0 Å². The van der Waals surface area contributed by atoms with Crippen LogP contribution < -0.4 is 0 Å². The number of aliphatic hydroxyl groups excluding tert-OH is 3. The number of ketones is 1. The number of unbranched alkanes of at least 4 members (excludes halogenated alkanes) is 9. The van der Waals surface area contributed by atoms with E-state index >= 15 is 0 Å². The lowest BCUT2D eigenvalue weighted by atomic mass is 10.1. The maximum absolute atomic E-state index is 11.9. The van der Waals surface area contributed by atoms with Crippen LogP contribution in [0.25, 0.3) is 0 Å². The molecule has 3 atom stereocenters. The minimum absolute atomic E-state index is 0.0244. The molecule has 0 aliphatic heterocycles. The maximum atomic E-state index is 11.9. The molecule has 26 heavy (non-hydrogen) atoms. The van der Waals surface area contributed by atoms with Gasteiger partial charge in [0.05, 0.1) is 19.3 Å². The van der Waals surface area contributed by atoms with Gasteiger partial charge in [0, 0.05) is 6.42 Å². The molecule has 0 radical (unpaired) electrons. The van der Waals surface area contributed by atoms with Crippen LogP contribution in [0.5, 0.6) is 0 Å². The van der Waals surface area contributed by atoms with Gasteiger partial charge < -0.3 is 20.1 Å². The van der Waals surface area contributed by atoms with E-state index in [0.29, 0.717) is 0 Å². The number of carbonyl (C=O) groups excluding carboxylic acids is 1. The molecule has 0 heterocycles. The van der Waals surface area contributed by atoms with Gasteiger partial charge >= 0.3 is 0 Å². The Hall–Kier alpha value is -0.750. The summed E-state index contributed by atoms with van der Waals surface area (Å²) in [6.45, 7) is 3.08. The van der Waals surface area contributed by atoms with Gasteiger partial charge in [0.2, 0.25) is 0 Å². The highest BCUT2D eigenvalue weighted by Crippen LogP contribution is 2.11. The third-order valence-corrected chi connectivity index (χ3v) is 4.47. The van der Waals surface area contributed by atoms with Crippen molar-refractivity contribution in [1.29, 1.82) is 0 Å². The molecule has 0 saturated heterocycles. The molecule has 0 spiro atoms. The van der Waals surface area contributed by atoms with Crippen LogP contribution in [-0.2, 0) is 9.53 Å². The highest BCUT2D eigenvalue weighted by Gasteiger charge is 2.21. The molecule has 0 saturated carbocycles. The molecule has 0 rings (SSSR count). The number of ether oxygens (including phenoxy) is 1. The average molecular weight is 373 g/mol. The number of allylic oxidation sites excluding steroid dienone is 2. The quantitative estimate of drug-likeness (QED) is 0.253. The summed E-state index contributed by atoms with van der Waals surface area (Å²) in [4.78, 5) is 11.9. The summed E-state index contributed by atoms with van der Waals surface area (Å²) in [5, 5.41) is 27.5. The Morgan fingerprint density at radius 2 is 1.54 bits per heavy atom. The van der Waals surface area contributed by atoms with E-state index < -0.39 is 31.5 Å². The third kappa shape index (κ3) is 14.4. The van der Waals surface area contributed by atoms with Crippen molar-refractivity contribution in [2.45, 2.75) is 103 Å². The second kappa shape index (κ2) is 17.7. The summed E-state index contributed by atoms with van der Waals surface area (Å²) in [5.41, 5.74) is 0. The molecule has 0 fully saturated rings. The van der Waals surface area contributed by atoms with Crippen LogP contribution in [0.2, 0.25) is 0 Å². The SMILES string of the molecule is CCCCCCCCCCC/C=C/C(=O)CC(C)OC(CO)[C@@H](O)CO. The van der Waals surface area contributed by atoms with E-state index in [9.17, 15) is 9.90 Å². The van der Waals surface area contributed by atoms with Crippen molar-refractivity contribution in [1.82, 2.24) is 0 Å². The van der Waals surface area contributed by atoms with E-state index in [0.717, 1.165) is 12.8 Å². The topological polar surface area (TPSA) is 87.0 Å². The van der Waals surface area contributed by atoms with E-state index in [1.165, 1.54) is 51.4 Å². The molecular weight excluding hydrogens is 332 g/mol. The highest BCUT2D eigenvalue weighted by molar-refractivity contribution is 5.89. The van der Waals surface area contributed by atoms with E-state index in [1.807, 2.05) is 6.08 Å². The Bertz CT molecular complexity index is 356. The zero-order valence-corrected chi connectivity index (χ0v) is 16.7. The summed E-state index contributed by atoms with van der Waals surface area (Å²) in [6, 6.07) is 0. The summed E-state index contributed by atoms with van der Waals surface area (Å²) in [6.07, 6.45) is 13.8. The third-order valence-electron chi connectivity index (χ3n) is 4.47. The lowest BCUT2D eigenvalue weighted by Gasteiger charge is -2.23. The summed E-state index contributed by atoms with van der Waals surface area (Å²) in [7, 11) is 0. The maximum Gasteiger partial charge on any atom is 0.157 e. The van der Waals surface area contributed by atoms with Crippen molar-refractivity contribution in [3.63, 3.8) is 0 Å². The van der Waals surface area contributed by atoms with Crippen molar-refractivity contribution < 1.29 is 24.9 Å². The molecule has 2 unspecified atom stereocenters. The van der Waals surface area contributed by atoms with Crippen molar-refractivity contribution in [3.8, 4) is 0 Å². The summed E-state index contributed by atoms with van der Waals surface area (Å²) < 4.78 is 5.42. The lowest BCUT2D eigenvalue weighted by Crippen LogP contribution is -2.37. The second-order valence-corrected chi connectivity index (χ2v) is 7.11. The first-order valence-corrected chi connectivity index (χ1v) is 10.3. The molecule has 0 aromatic carbocycles. The second-order valence-electron chi connectivity index (χ2n) is 7.11. The first-order valence-electron chi connectivity index (χ1n) is 10.3. The predicted molar refractivity (Wildman–Crippen MR) is 105 cm³/mol. The number of hydrogen-bond acceptors (Lipinski definition) is 5. The van der Waals surface area contributed by atoms with Gasteiger partial charge in [-0.05, 0) is 25.8 Å². The molecule has 0 bridgehead atoms. The van der Waals surface area contributed by atoms with Crippen LogP contribution in [0.15, 0.2) is 12.2 Å². The van der Waals surface area contributed by atoms with Crippen LogP contribution in [0, 0.1) is 0 Å². The molecule has 0 aromatic heterocycles. The smallest absolute Gasteiger partial charge is 0.157 e. The molecule has 0 aromatic rings. The van der Waals surface area contributed by atoms with Crippen molar-refractivity contribution in [2.24, 2.45) is 0 Å². The van der Waals surface area contributed by atoms with Crippen LogP contribution in [0.1, 0.15) is 84.5 Å². The van der Waals surface area contributed by atoms with Crippen LogP contribution in [-0.4, -0.2) is 52.6 Å². The first-order chi connectivity index (χ1) is 12.5. The fourth-order valence-electron chi connectivity index (χ4n) is 2.86. The minimum atomic E-state index is -1.14. The van der Waals surface area contributed by atoms with Gasteiger partial charge in [0.1, 0.15) is 12.2 Å². The fraction of sp³-hybridized carbons (Fsp3) is 0.857. The first kappa shape index (κ1) is 25.2. The molecule has 5 nitrogen and oxygen atoms in total. The molecule has 3 N–H and O–H groups in total. The van der Waals surface area contributed by atoms with Crippen molar-refractivity contribution >= 4 is 5.78 Å². The number of aliphatic hydroxyl groups is 3. The molecule has 0 aliphatic rings. The minimum Gasteiger partial charge on any atom is -0.394 e. The molecule has 0 amide bonds. The Labute approximate surface area is 159 Å². The average Bonchev–Trinajstić information content (AvgIpc) is 2.63. The van der Waals surface area contributed by atoms with Crippen molar-refractivity contribution in [3.05, 3.63) is 12.2 Å². The van der Waals surface area contributed by atoms with Gasteiger partial charge in [-0.2, -0.15) is 0 Å². The van der Waals surface area contributed by atoms with E-state index in [-0.39, 0.29) is 12.2 Å². The Morgan fingerprint density at radius 3 is 2.08 bits per heavy atom. The van der Waals surface area contributed by atoms with Gasteiger partial charge in [0.15, 0.2) is 5.78 Å². The van der Waals surface area contributed by atoms with E-state index in [4.69, 9.17) is 14.9 Å². The number of rotatable bonds is 18. The predicted octanol–water partition coefficient (Wildman–Crippen LogP) is 3.54. The molecular formula is C21H40O5. The Kier molecular flexibility index (Phi) is 17.1. The summed E-state index contributed by atoms with van der Waals surface area (Å²) in [5.74, 6) is -0.0244. The van der Waals surface area contributed by atoms with Gasteiger partial charge in [0.25, 0.3) is 0 Å². The monoisotopic (exact) mass is 372 g/mol. The highest BCUT2D eigenvalue weighted by atomic mass is 16.5. The molecule has 154 valence electrons. The number of carbonyl (C=O) groups is 1. The van der Waals surface area contributed by atoms with Gasteiger partial charge in [-0.15, -0.1) is 0 Å². The van der Waals surface area contributed by atoms with Gasteiger partial charge in [-0.3, -0.25) is 4.79 Å². The Morgan fingerprint density at radius 1 is 0.962 bits per heavy atom. The lowest BCUT2D eigenvalue weighted by molar-refractivity contribution is -0.126. The standard InChI is InChI=1S/C21H40O5/c1-3-4-5-6-7-8-9-10-11-12-13-14-19(24)15-18(2)26-21(17-23)20(25)16-22/h13-14,18,20-23,25H,3-12,15-17H2,1-2H3/b14-13+/t18?,20-,21?/m0/s1. The Balaban J connectivity index is 3.70. The zero-order valence-electron chi connectivity index (χ0n) is 16.7. The van der Waals surface area contributed by atoms with E-state index in [1.54, 1.807) is 13.0 Å². The van der Waals surface area contributed by atoms with E-state index in [2.05, 4.69) is 6.92 Å². The normalized spacial score (nSPS) is 15.3. The summed E-state index contributed by atoms with van der Waals surface area (Å²) >= 11 is 0. The fourth-order valence-corrected chi connectivity index (χ4v) is 2.86.